The minimum absolute atomic E-state index is 0.0607. The summed E-state index contributed by atoms with van der Waals surface area (Å²) >= 11 is 0. The van der Waals surface area contributed by atoms with Gasteiger partial charge >= 0.3 is 6.09 Å². The molecule has 0 saturated carbocycles. The first-order chi connectivity index (χ1) is 17.2. The first kappa shape index (κ1) is 28.7. The average molecular weight is 509 g/mol. The van der Waals surface area contributed by atoms with Gasteiger partial charge in [-0.15, -0.1) is 0 Å². The number of terminal acetylenes is 1. The molecule has 196 valence electrons. The molecule has 0 aromatic heterocycles. The average Bonchev–Trinajstić information content (AvgIpc) is 2.78. The van der Waals surface area contributed by atoms with Crippen molar-refractivity contribution in [1.82, 2.24) is 10.2 Å². The third-order valence-corrected chi connectivity index (χ3v) is 5.22. The molecule has 0 aliphatic heterocycles. The van der Waals surface area contributed by atoms with E-state index in [0.717, 1.165) is 16.0 Å². The number of nitrogens with one attached hydrogen (secondary N) is 2. The van der Waals surface area contributed by atoms with Gasteiger partial charge in [0.15, 0.2) is 0 Å². The lowest BCUT2D eigenvalue weighted by Gasteiger charge is -2.30. The van der Waals surface area contributed by atoms with Crippen LogP contribution in [0.5, 0.6) is 5.75 Å². The number of anilines is 1. The van der Waals surface area contributed by atoms with E-state index >= 15 is 0 Å². The monoisotopic (exact) mass is 508 g/mol. The van der Waals surface area contributed by atoms with Crippen molar-refractivity contribution >= 4 is 29.5 Å². The van der Waals surface area contributed by atoms with Crippen LogP contribution in [0.25, 0.3) is 0 Å². The molecule has 0 radical (unpaired) electrons. The highest BCUT2D eigenvalue weighted by molar-refractivity contribution is 6.01. The quantitative estimate of drug-likeness (QED) is 0.318. The van der Waals surface area contributed by atoms with Crippen LogP contribution < -0.4 is 16.4 Å². The van der Waals surface area contributed by atoms with E-state index in [1.807, 2.05) is 32.0 Å². The summed E-state index contributed by atoms with van der Waals surface area (Å²) in [5.41, 5.74) is 6.83. The summed E-state index contributed by atoms with van der Waals surface area (Å²) < 4.78 is 5.19. The summed E-state index contributed by atoms with van der Waals surface area (Å²) in [6.45, 7) is 8.52. The summed E-state index contributed by atoms with van der Waals surface area (Å²) in [7, 11) is 0. The fourth-order valence-corrected chi connectivity index (χ4v) is 3.56. The summed E-state index contributed by atoms with van der Waals surface area (Å²) in [5, 5.41) is 14.9. The van der Waals surface area contributed by atoms with Gasteiger partial charge in [-0.25, -0.2) is 4.79 Å². The van der Waals surface area contributed by atoms with Crippen LogP contribution in [0.3, 0.4) is 0 Å². The first-order valence-electron chi connectivity index (χ1n) is 11.5. The van der Waals surface area contributed by atoms with Crippen molar-refractivity contribution in [2.45, 2.75) is 58.7 Å². The normalized spacial score (nSPS) is 12.4. The van der Waals surface area contributed by atoms with Gasteiger partial charge < -0.3 is 26.2 Å². The third-order valence-electron chi connectivity index (χ3n) is 5.22. The fraction of sp³-hybridized carbons (Fsp3) is 0.333. The molecule has 10 nitrogen and oxygen atoms in total. The van der Waals surface area contributed by atoms with E-state index in [1.165, 1.54) is 24.3 Å². The van der Waals surface area contributed by atoms with Gasteiger partial charge in [-0.3, -0.25) is 19.3 Å². The molecule has 0 heterocycles. The van der Waals surface area contributed by atoms with E-state index in [2.05, 4.69) is 16.7 Å². The van der Waals surface area contributed by atoms with Crippen molar-refractivity contribution in [3.63, 3.8) is 0 Å². The molecule has 2 unspecified atom stereocenters. The number of hydrogen-bond donors (Lipinski definition) is 4. The van der Waals surface area contributed by atoms with E-state index in [1.54, 1.807) is 20.8 Å². The number of carbonyl (C=O) groups excluding carboxylic acids is 4. The Morgan fingerprint density at radius 3 is 2.14 bits per heavy atom. The lowest BCUT2D eigenvalue weighted by Crippen LogP contribution is -2.52. The molecule has 2 aromatic rings. The zero-order valence-electron chi connectivity index (χ0n) is 21.5. The maximum Gasteiger partial charge on any atom is 0.408 e. The second kappa shape index (κ2) is 11.9. The smallest absolute Gasteiger partial charge is 0.408 e. The number of nitrogens with two attached hydrogens (primary N) is 1. The molecule has 0 aliphatic carbocycles. The summed E-state index contributed by atoms with van der Waals surface area (Å²) in [6, 6.07) is 10.3. The molecule has 2 atom stereocenters. The van der Waals surface area contributed by atoms with Gasteiger partial charge in [0.05, 0.1) is 6.42 Å². The Labute approximate surface area is 216 Å². The molecule has 2 aromatic carbocycles. The van der Waals surface area contributed by atoms with Crippen LogP contribution >= 0.6 is 0 Å². The number of hydrogen-bond acceptors (Lipinski definition) is 6. The number of benzene rings is 2. The minimum atomic E-state index is -1.50. The Bertz CT molecular complexity index is 1190. The van der Waals surface area contributed by atoms with E-state index in [0.29, 0.717) is 5.69 Å². The van der Waals surface area contributed by atoms with Crippen molar-refractivity contribution in [2.75, 3.05) is 5.32 Å². The molecule has 2 rings (SSSR count). The Kier molecular flexibility index (Phi) is 9.27. The Morgan fingerprint density at radius 2 is 1.65 bits per heavy atom. The van der Waals surface area contributed by atoms with Crippen LogP contribution in [-0.4, -0.2) is 45.5 Å². The molecule has 10 heteroatoms. The number of alkyl carbamates (subject to hydrolysis) is 1. The number of carbonyl (C=O) groups is 4. The highest BCUT2D eigenvalue weighted by atomic mass is 16.6. The zero-order chi connectivity index (χ0) is 27.9. The van der Waals surface area contributed by atoms with Crippen molar-refractivity contribution in [3.8, 4) is 18.2 Å². The molecular formula is C27H32N4O6. The number of primary amides is 1. The number of ether oxygens (including phenoxy) is 1. The molecular weight excluding hydrogens is 476 g/mol. The van der Waals surface area contributed by atoms with Gasteiger partial charge in [-0.1, -0.05) is 36.8 Å². The summed E-state index contributed by atoms with van der Waals surface area (Å²) in [5.74, 6) is -2.52. The first-order valence-corrected chi connectivity index (χ1v) is 11.5. The maximum atomic E-state index is 13.6. The number of aryl methyl sites for hydroxylation is 2. The third kappa shape index (κ3) is 8.00. The van der Waals surface area contributed by atoms with Crippen LogP contribution in [0.4, 0.5) is 10.5 Å². The molecule has 0 spiro atoms. The molecule has 0 aliphatic rings. The SMILES string of the molecule is C#CN(C(=O)C(CC(N)=O)NC(=O)OC(C)(C)C)C(C(=O)Nc1c(C)cccc1C)c1ccc(O)cc1. The molecule has 0 fully saturated rings. The maximum absolute atomic E-state index is 13.6. The number of amides is 4. The zero-order valence-corrected chi connectivity index (χ0v) is 21.5. The summed E-state index contributed by atoms with van der Waals surface area (Å²) in [6.07, 6.45) is 4.15. The number of phenolic OH excluding ortho intramolecular Hbond substituents is 1. The molecule has 37 heavy (non-hydrogen) atoms. The fourth-order valence-electron chi connectivity index (χ4n) is 3.56. The predicted molar refractivity (Wildman–Crippen MR) is 138 cm³/mol. The van der Waals surface area contributed by atoms with Gasteiger partial charge in [0.1, 0.15) is 23.4 Å². The second-order valence-corrected chi connectivity index (χ2v) is 9.46. The Balaban J connectivity index is 2.50. The lowest BCUT2D eigenvalue weighted by atomic mass is 10.0. The highest BCUT2D eigenvalue weighted by Crippen LogP contribution is 2.27. The van der Waals surface area contributed by atoms with Crippen molar-refractivity contribution < 1.29 is 29.0 Å². The van der Waals surface area contributed by atoms with E-state index in [4.69, 9.17) is 16.9 Å². The number of para-hydroxylation sites is 1. The number of rotatable bonds is 8. The van der Waals surface area contributed by atoms with Crippen LogP contribution in [0.1, 0.15) is 49.9 Å². The van der Waals surface area contributed by atoms with Crippen molar-refractivity contribution in [3.05, 3.63) is 59.2 Å². The van der Waals surface area contributed by atoms with Gasteiger partial charge in [0.25, 0.3) is 11.8 Å². The molecule has 0 saturated heterocycles. The number of phenols is 1. The topological polar surface area (TPSA) is 151 Å². The number of aromatic hydroxyl groups is 1. The minimum Gasteiger partial charge on any atom is -0.508 e. The molecule has 0 bridgehead atoms. The Hall–Kier alpha value is -4.52. The van der Waals surface area contributed by atoms with Crippen molar-refractivity contribution in [1.29, 1.82) is 0 Å². The van der Waals surface area contributed by atoms with E-state index in [9.17, 15) is 24.3 Å². The number of nitrogens with zero attached hydrogens (tertiary/aromatic N) is 1. The van der Waals surface area contributed by atoms with E-state index in [-0.39, 0.29) is 11.3 Å². The second-order valence-electron chi connectivity index (χ2n) is 9.46. The van der Waals surface area contributed by atoms with Crippen LogP contribution in [0.15, 0.2) is 42.5 Å². The summed E-state index contributed by atoms with van der Waals surface area (Å²) in [4.78, 5) is 52.0. The Morgan fingerprint density at radius 1 is 1.08 bits per heavy atom. The standard InChI is InChI=1S/C27H32N4O6/c1-7-31(25(35)20(15-21(28)33)29-26(36)37-27(4,5)6)23(18-11-13-19(32)14-12-18)24(34)30-22-16(2)9-8-10-17(22)3/h1,8-14,20,23,32H,15H2,2-6H3,(H2,28,33)(H,29,36)(H,30,34). The van der Waals surface area contributed by atoms with Crippen LogP contribution in [-0.2, 0) is 19.1 Å². The lowest BCUT2D eigenvalue weighted by molar-refractivity contribution is -0.138. The predicted octanol–water partition coefficient (Wildman–Crippen LogP) is 2.88. The van der Waals surface area contributed by atoms with Gasteiger partial charge in [-0.05, 0) is 63.4 Å². The van der Waals surface area contributed by atoms with E-state index < -0.39 is 47.9 Å². The highest BCUT2D eigenvalue weighted by Gasteiger charge is 2.37. The van der Waals surface area contributed by atoms with Gasteiger partial charge in [0.2, 0.25) is 5.91 Å². The molecule has 5 N–H and O–H groups in total. The largest absolute Gasteiger partial charge is 0.508 e. The van der Waals surface area contributed by atoms with Crippen LogP contribution in [0.2, 0.25) is 0 Å². The van der Waals surface area contributed by atoms with Gasteiger partial charge in [0, 0.05) is 11.7 Å². The van der Waals surface area contributed by atoms with Crippen LogP contribution in [0, 0.1) is 26.3 Å². The molecule has 4 amide bonds. The van der Waals surface area contributed by atoms with Gasteiger partial charge in [-0.2, -0.15) is 0 Å². The van der Waals surface area contributed by atoms with Crippen molar-refractivity contribution in [2.24, 2.45) is 5.73 Å².